The lowest BCUT2D eigenvalue weighted by Gasteiger charge is -2.15. The van der Waals surface area contributed by atoms with Crippen LogP contribution in [0.3, 0.4) is 0 Å². The highest BCUT2D eigenvalue weighted by Gasteiger charge is 2.22. The highest BCUT2D eigenvalue weighted by Crippen LogP contribution is 2.40. The molecule has 1 saturated heterocycles. The van der Waals surface area contributed by atoms with Crippen LogP contribution in [0.5, 0.6) is 5.88 Å². The minimum absolute atomic E-state index is 0.0677. The second-order valence-corrected chi connectivity index (χ2v) is 11.0. The van der Waals surface area contributed by atoms with E-state index in [0.717, 1.165) is 21.1 Å². The van der Waals surface area contributed by atoms with Crippen LogP contribution in [0.4, 0.5) is 5.69 Å². The normalized spacial score (nSPS) is 14.4. The van der Waals surface area contributed by atoms with Gasteiger partial charge in [0, 0.05) is 68.7 Å². The lowest BCUT2D eigenvalue weighted by molar-refractivity contribution is -0.119. The zero-order valence-electron chi connectivity index (χ0n) is 24.1. The summed E-state index contributed by atoms with van der Waals surface area (Å²) in [4.78, 5) is 58.1. The van der Waals surface area contributed by atoms with Gasteiger partial charge in [-0.15, -0.1) is 0 Å². The summed E-state index contributed by atoms with van der Waals surface area (Å²) in [5, 5.41) is 9.39. The molecule has 3 N–H and O–H groups in total. The van der Waals surface area contributed by atoms with Crippen molar-refractivity contribution in [3.05, 3.63) is 90.8 Å². The molecule has 1 atom stereocenters. The van der Waals surface area contributed by atoms with Crippen molar-refractivity contribution in [2.45, 2.75) is 25.4 Å². The van der Waals surface area contributed by atoms with Gasteiger partial charge >= 0.3 is 5.69 Å². The molecule has 12 nitrogen and oxygen atoms in total. The molecule has 1 aliphatic heterocycles. The number of anilines is 1. The number of carbonyl (C=O) groups is 2. The fourth-order valence-electron chi connectivity index (χ4n) is 4.94. The first-order valence-electron chi connectivity index (χ1n) is 13.6. The number of rotatable bonds is 9. The maximum atomic E-state index is 13.0. The molecule has 1 aliphatic rings. The van der Waals surface area contributed by atoms with Crippen LogP contribution in [-0.2, 0) is 25.4 Å². The van der Waals surface area contributed by atoms with E-state index in [0.29, 0.717) is 47.9 Å². The quantitative estimate of drug-likeness (QED) is 0.253. The Bertz CT molecular complexity index is 1890. The zero-order chi connectivity index (χ0) is 31.5. The highest BCUT2D eigenvalue weighted by molar-refractivity contribution is 6.39. The third-order valence-corrected chi connectivity index (χ3v) is 8.07. The van der Waals surface area contributed by atoms with Crippen molar-refractivity contribution in [3.63, 3.8) is 0 Å². The molecule has 228 valence electrons. The molecule has 1 unspecified atom stereocenters. The maximum absolute atomic E-state index is 13.0. The average molecular weight is 639 g/mol. The van der Waals surface area contributed by atoms with Crippen molar-refractivity contribution in [1.29, 1.82) is 0 Å². The Morgan fingerprint density at radius 2 is 1.86 bits per heavy atom. The number of pyridine rings is 2. The second kappa shape index (κ2) is 13.0. The lowest BCUT2D eigenvalue weighted by atomic mass is 10.0. The van der Waals surface area contributed by atoms with Gasteiger partial charge in [-0.05, 0) is 24.6 Å². The Morgan fingerprint density at radius 3 is 2.59 bits per heavy atom. The first-order valence-corrected chi connectivity index (χ1v) is 14.4. The molecule has 0 aliphatic carbocycles. The molecule has 3 aromatic heterocycles. The van der Waals surface area contributed by atoms with Crippen LogP contribution in [0.25, 0.3) is 22.5 Å². The lowest BCUT2D eigenvalue weighted by Crippen LogP contribution is -2.40. The summed E-state index contributed by atoms with van der Waals surface area (Å²) in [7, 11) is 4.28. The highest BCUT2D eigenvalue weighted by atomic mass is 35.5. The van der Waals surface area contributed by atoms with E-state index in [4.69, 9.17) is 27.9 Å². The van der Waals surface area contributed by atoms with E-state index in [1.165, 1.54) is 27.4 Å². The molecule has 5 rings (SSSR count). The fraction of sp³-hybridized carbons (Fsp3) is 0.267. The van der Waals surface area contributed by atoms with E-state index in [2.05, 4.69) is 25.9 Å². The van der Waals surface area contributed by atoms with Crippen molar-refractivity contribution in [3.8, 4) is 28.4 Å². The maximum Gasteiger partial charge on any atom is 0.330 e. The fourth-order valence-corrected chi connectivity index (χ4v) is 5.53. The van der Waals surface area contributed by atoms with Gasteiger partial charge in [-0.2, -0.15) is 0 Å². The number of methoxy groups -OCH3 is 1. The number of halogens is 2. The summed E-state index contributed by atoms with van der Waals surface area (Å²) in [5.74, 6) is -0.250. The molecule has 2 amide bonds. The monoisotopic (exact) mass is 637 g/mol. The largest absolute Gasteiger partial charge is 0.481 e. The van der Waals surface area contributed by atoms with E-state index < -0.39 is 17.2 Å². The third kappa shape index (κ3) is 6.23. The first kappa shape index (κ1) is 30.9. The van der Waals surface area contributed by atoms with Crippen molar-refractivity contribution >= 4 is 40.7 Å². The summed E-state index contributed by atoms with van der Waals surface area (Å²) in [6, 6.07) is 10.5. The standard InChI is InChI=1S/C30H29Cl2N7O5/c1-38-15-20(29(42)39(2)30(38)43)27(41)36-21-6-4-5-18(24(21)31)19-11-12-34-26(25(19)32)22-9-7-16(28(37-22)44-3)13-33-14-17-8-10-23(40)35-17/h4-7,9,11-12,15,17,33H,8,10,13-14H2,1-3H3,(H,35,40)(H,36,41). The number of aromatic nitrogens is 4. The van der Waals surface area contributed by atoms with Gasteiger partial charge < -0.3 is 25.3 Å². The number of hydrogen-bond donors (Lipinski definition) is 3. The number of ether oxygens (including phenoxy) is 1. The molecule has 4 heterocycles. The molecule has 4 aromatic rings. The van der Waals surface area contributed by atoms with Crippen LogP contribution >= 0.6 is 23.2 Å². The molecule has 0 bridgehead atoms. The molecule has 44 heavy (non-hydrogen) atoms. The predicted octanol–water partition coefficient (Wildman–Crippen LogP) is 3.14. The zero-order valence-corrected chi connectivity index (χ0v) is 25.6. The Balaban J connectivity index is 1.40. The van der Waals surface area contributed by atoms with E-state index in [1.54, 1.807) is 36.5 Å². The summed E-state index contributed by atoms with van der Waals surface area (Å²) >= 11 is 13.6. The van der Waals surface area contributed by atoms with Gasteiger partial charge in [-0.1, -0.05) is 41.4 Å². The van der Waals surface area contributed by atoms with Crippen LogP contribution in [-0.4, -0.2) is 50.6 Å². The molecule has 0 spiro atoms. The van der Waals surface area contributed by atoms with Crippen LogP contribution in [0, 0.1) is 0 Å². The number of amides is 2. The number of hydrogen-bond acceptors (Lipinski definition) is 8. The topological polar surface area (TPSA) is 149 Å². The van der Waals surface area contributed by atoms with Gasteiger partial charge in [-0.3, -0.25) is 23.9 Å². The SMILES string of the molecule is COc1nc(-c2nccc(-c3cccc(NC(=O)c4cn(C)c(=O)n(C)c4=O)c3Cl)c2Cl)ccc1CNCC1CCC(=O)N1. The molecule has 1 aromatic carbocycles. The van der Waals surface area contributed by atoms with E-state index in [-0.39, 0.29) is 33.2 Å². The smallest absolute Gasteiger partial charge is 0.330 e. The predicted molar refractivity (Wildman–Crippen MR) is 167 cm³/mol. The van der Waals surface area contributed by atoms with Gasteiger partial charge in [-0.25, -0.2) is 9.78 Å². The molecule has 0 saturated carbocycles. The first-order chi connectivity index (χ1) is 21.1. The van der Waals surface area contributed by atoms with Crippen LogP contribution in [0.2, 0.25) is 10.0 Å². The van der Waals surface area contributed by atoms with Crippen LogP contribution in [0.1, 0.15) is 28.8 Å². The Kier molecular flexibility index (Phi) is 9.14. The summed E-state index contributed by atoms with van der Waals surface area (Å²) < 4.78 is 7.55. The van der Waals surface area contributed by atoms with Crippen molar-refractivity contribution in [2.75, 3.05) is 19.0 Å². The van der Waals surface area contributed by atoms with Crippen molar-refractivity contribution in [1.82, 2.24) is 29.7 Å². The van der Waals surface area contributed by atoms with Gasteiger partial charge in [0.2, 0.25) is 11.8 Å². The van der Waals surface area contributed by atoms with Crippen LogP contribution < -0.4 is 31.9 Å². The van der Waals surface area contributed by atoms with Gasteiger partial charge in [0.1, 0.15) is 11.3 Å². The van der Waals surface area contributed by atoms with E-state index in [1.807, 2.05) is 6.07 Å². The Labute approximate surface area is 262 Å². The number of aryl methyl sites for hydroxylation is 1. The molecular formula is C30H29Cl2N7O5. The van der Waals surface area contributed by atoms with Gasteiger partial charge in [0.15, 0.2) is 0 Å². The number of nitrogens with one attached hydrogen (secondary N) is 3. The molecular weight excluding hydrogens is 609 g/mol. The third-order valence-electron chi connectivity index (χ3n) is 7.28. The summed E-state index contributed by atoms with van der Waals surface area (Å²) in [5.41, 5.74) is 1.50. The van der Waals surface area contributed by atoms with Crippen molar-refractivity contribution < 1.29 is 14.3 Å². The Morgan fingerprint density at radius 1 is 1.09 bits per heavy atom. The minimum Gasteiger partial charge on any atom is -0.481 e. The van der Waals surface area contributed by atoms with E-state index >= 15 is 0 Å². The molecule has 0 radical (unpaired) electrons. The Hall–Kier alpha value is -4.52. The minimum atomic E-state index is -0.730. The molecule has 14 heteroatoms. The van der Waals surface area contributed by atoms with E-state index in [9.17, 15) is 19.2 Å². The number of carbonyl (C=O) groups excluding carboxylic acids is 2. The number of nitrogens with zero attached hydrogens (tertiary/aromatic N) is 4. The summed E-state index contributed by atoms with van der Waals surface area (Å²) in [6.07, 6.45) is 4.10. The van der Waals surface area contributed by atoms with Crippen LogP contribution in [0.15, 0.2) is 58.4 Å². The van der Waals surface area contributed by atoms with Crippen molar-refractivity contribution in [2.24, 2.45) is 14.1 Å². The van der Waals surface area contributed by atoms with Gasteiger partial charge in [0.25, 0.3) is 11.5 Å². The molecule has 1 fully saturated rings. The summed E-state index contributed by atoms with van der Waals surface area (Å²) in [6.45, 7) is 1.12. The second-order valence-electron chi connectivity index (χ2n) is 10.2. The van der Waals surface area contributed by atoms with Gasteiger partial charge in [0.05, 0.1) is 28.5 Å². The average Bonchev–Trinajstić information content (AvgIpc) is 3.44. The number of benzene rings is 1.